The Morgan fingerprint density at radius 2 is 1.89 bits per heavy atom. The Kier molecular flexibility index (Phi) is 3.18. The summed E-state index contributed by atoms with van der Waals surface area (Å²) in [4.78, 5) is 22.4. The van der Waals surface area contributed by atoms with Gasteiger partial charge in [-0.25, -0.2) is 0 Å². The third kappa shape index (κ3) is 2.13. The predicted octanol–water partition coefficient (Wildman–Crippen LogP) is 2.20. The summed E-state index contributed by atoms with van der Waals surface area (Å²) in [6.45, 7) is 0. The summed E-state index contributed by atoms with van der Waals surface area (Å²) in [5.41, 5.74) is 0.0369. The number of Topliss-reactive ketones (excluding diaryl/α,β-unsaturated/α-hetero) is 1. The lowest BCUT2D eigenvalue weighted by molar-refractivity contribution is -0.385. The lowest BCUT2D eigenvalue weighted by atomic mass is 10.0. The van der Waals surface area contributed by atoms with Crippen LogP contribution in [0.4, 0.5) is 5.69 Å². The maximum Gasteiger partial charge on any atom is 0.311 e. The molecule has 1 aromatic carbocycles. The van der Waals surface area contributed by atoms with E-state index in [1.54, 1.807) is 0 Å². The van der Waals surface area contributed by atoms with Crippen molar-refractivity contribution in [2.24, 2.45) is 5.92 Å². The molecule has 0 radical (unpaired) electrons. The Labute approximate surface area is 104 Å². The number of rotatable bonds is 5. The van der Waals surface area contributed by atoms with Gasteiger partial charge in [-0.3, -0.25) is 14.9 Å². The van der Waals surface area contributed by atoms with Crippen molar-refractivity contribution in [3.8, 4) is 11.5 Å². The molecule has 0 aliphatic heterocycles. The molecular formula is C12H13NO5. The first-order valence-corrected chi connectivity index (χ1v) is 5.53. The first-order valence-electron chi connectivity index (χ1n) is 5.53. The topological polar surface area (TPSA) is 78.7 Å². The fourth-order valence-corrected chi connectivity index (χ4v) is 1.78. The van der Waals surface area contributed by atoms with Crippen molar-refractivity contribution in [1.29, 1.82) is 0 Å². The first-order chi connectivity index (χ1) is 8.58. The van der Waals surface area contributed by atoms with E-state index in [4.69, 9.17) is 9.47 Å². The summed E-state index contributed by atoms with van der Waals surface area (Å²) >= 11 is 0. The third-order valence-electron chi connectivity index (χ3n) is 2.91. The number of nitrogens with zero attached hydrogens (tertiary/aromatic N) is 1. The number of nitro groups is 1. The lowest BCUT2D eigenvalue weighted by Crippen LogP contribution is -2.06. The Morgan fingerprint density at radius 1 is 1.28 bits per heavy atom. The fourth-order valence-electron chi connectivity index (χ4n) is 1.78. The van der Waals surface area contributed by atoms with E-state index in [0.717, 1.165) is 12.8 Å². The Bertz CT molecular complexity index is 507. The van der Waals surface area contributed by atoms with E-state index in [9.17, 15) is 14.9 Å². The van der Waals surface area contributed by atoms with E-state index >= 15 is 0 Å². The van der Waals surface area contributed by atoms with Crippen LogP contribution in [0.5, 0.6) is 11.5 Å². The summed E-state index contributed by atoms with van der Waals surface area (Å²) in [6, 6.07) is 2.62. The number of carbonyl (C=O) groups excluding carboxylic acids is 1. The van der Waals surface area contributed by atoms with Crippen LogP contribution >= 0.6 is 0 Å². The maximum atomic E-state index is 12.0. The Morgan fingerprint density at radius 3 is 2.33 bits per heavy atom. The molecule has 6 nitrogen and oxygen atoms in total. The summed E-state index contributed by atoms with van der Waals surface area (Å²) in [7, 11) is 2.76. The number of hydrogen-bond acceptors (Lipinski definition) is 5. The zero-order chi connectivity index (χ0) is 13.3. The second kappa shape index (κ2) is 4.64. The van der Waals surface area contributed by atoms with Crippen molar-refractivity contribution < 1.29 is 19.2 Å². The molecular weight excluding hydrogens is 238 g/mol. The smallest absolute Gasteiger partial charge is 0.311 e. The highest BCUT2D eigenvalue weighted by molar-refractivity contribution is 6.02. The Hall–Kier alpha value is -2.11. The van der Waals surface area contributed by atoms with Crippen molar-refractivity contribution in [3.05, 3.63) is 27.8 Å². The molecule has 0 unspecified atom stereocenters. The molecule has 1 fully saturated rings. The van der Waals surface area contributed by atoms with Gasteiger partial charge in [-0.15, -0.1) is 0 Å². The minimum Gasteiger partial charge on any atom is -0.496 e. The second-order valence-corrected chi connectivity index (χ2v) is 4.12. The van der Waals surface area contributed by atoms with Crippen LogP contribution in [0.25, 0.3) is 0 Å². The molecule has 1 aromatic rings. The highest BCUT2D eigenvalue weighted by Crippen LogP contribution is 2.39. The monoisotopic (exact) mass is 251 g/mol. The summed E-state index contributed by atoms with van der Waals surface area (Å²) in [5.74, 6) is 0.281. The number of hydrogen-bond donors (Lipinski definition) is 0. The van der Waals surface area contributed by atoms with Gasteiger partial charge < -0.3 is 9.47 Å². The van der Waals surface area contributed by atoms with Crippen molar-refractivity contribution in [1.82, 2.24) is 0 Å². The number of methoxy groups -OCH3 is 2. The van der Waals surface area contributed by atoms with Crippen LogP contribution in [0.3, 0.4) is 0 Å². The zero-order valence-corrected chi connectivity index (χ0v) is 10.1. The molecule has 0 spiro atoms. The van der Waals surface area contributed by atoms with E-state index in [-0.39, 0.29) is 28.7 Å². The quantitative estimate of drug-likeness (QED) is 0.455. The van der Waals surface area contributed by atoms with Crippen LogP contribution in [0.2, 0.25) is 0 Å². The average molecular weight is 251 g/mol. The standard InChI is InChI=1S/C12H13NO5/c1-17-10-6-11(18-2)9(13(15)16)5-8(10)12(14)7-3-4-7/h5-7H,3-4H2,1-2H3. The van der Waals surface area contributed by atoms with Gasteiger partial charge in [0.2, 0.25) is 5.75 Å². The van der Waals surface area contributed by atoms with Gasteiger partial charge >= 0.3 is 5.69 Å². The largest absolute Gasteiger partial charge is 0.496 e. The van der Waals surface area contributed by atoms with Gasteiger partial charge in [0.25, 0.3) is 0 Å². The van der Waals surface area contributed by atoms with E-state index in [1.807, 2.05) is 0 Å². The number of ketones is 1. The number of nitro benzene ring substituents is 1. The van der Waals surface area contributed by atoms with Gasteiger partial charge in [0, 0.05) is 18.1 Å². The van der Waals surface area contributed by atoms with Crippen LogP contribution in [0.15, 0.2) is 12.1 Å². The van der Waals surface area contributed by atoms with E-state index in [1.165, 1.54) is 26.4 Å². The molecule has 0 atom stereocenters. The van der Waals surface area contributed by atoms with Crippen molar-refractivity contribution in [2.75, 3.05) is 14.2 Å². The summed E-state index contributed by atoms with van der Waals surface area (Å²) < 4.78 is 10.0. The molecule has 0 bridgehead atoms. The SMILES string of the molecule is COc1cc(OC)c([N+](=O)[O-])cc1C(=O)C1CC1. The van der Waals surface area contributed by atoms with E-state index in [2.05, 4.69) is 0 Å². The van der Waals surface area contributed by atoms with Gasteiger partial charge in [-0.1, -0.05) is 0 Å². The zero-order valence-electron chi connectivity index (χ0n) is 10.1. The molecule has 6 heteroatoms. The molecule has 96 valence electrons. The van der Waals surface area contributed by atoms with Crippen LogP contribution < -0.4 is 9.47 Å². The molecule has 2 rings (SSSR count). The highest BCUT2D eigenvalue weighted by Gasteiger charge is 2.34. The highest BCUT2D eigenvalue weighted by atomic mass is 16.6. The van der Waals surface area contributed by atoms with Crippen LogP contribution in [0.1, 0.15) is 23.2 Å². The van der Waals surface area contributed by atoms with Crippen LogP contribution in [0, 0.1) is 16.0 Å². The molecule has 18 heavy (non-hydrogen) atoms. The van der Waals surface area contributed by atoms with Crippen LogP contribution in [-0.4, -0.2) is 24.9 Å². The molecule has 0 amide bonds. The number of ether oxygens (including phenoxy) is 2. The van der Waals surface area contributed by atoms with Gasteiger partial charge in [-0.05, 0) is 12.8 Å². The minimum atomic E-state index is -0.568. The third-order valence-corrected chi connectivity index (χ3v) is 2.91. The van der Waals surface area contributed by atoms with E-state index < -0.39 is 4.92 Å². The Balaban J connectivity index is 2.52. The molecule has 1 aliphatic rings. The second-order valence-electron chi connectivity index (χ2n) is 4.12. The van der Waals surface area contributed by atoms with Gasteiger partial charge in [-0.2, -0.15) is 0 Å². The predicted molar refractivity (Wildman–Crippen MR) is 63.3 cm³/mol. The lowest BCUT2D eigenvalue weighted by Gasteiger charge is -2.09. The molecule has 0 N–H and O–H groups in total. The van der Waals surface area contributed by atoms with Gasteiger partial charge in [0.15, 0.2) is 5.78 Å². The van der Waals surface area contributed by atoms with E-state index in [0.29, 0.717) is 5.75 Å². The van der Waals surface area contributed by atoms with Gasteiger partial charge in [0.05, 0.1) is 24.7 Å². The minimum absolute atomic E-state index is 0.0214. The van der Waals surface area contributed by atoms with Crippen LogP contribution in [-0.2, 0) is 0 Å². The normalized spacial score (nSPS) is 14.1. The van der Waals surface area contributed by atoms with Crippen molar-refractivity contribution in [3.63, 3.8) is 0 Å². The number of carbonyl (C=O) groups is 1. The molecule has 1 saturated carbocycles. The summed E-state index contributed by atoms with van der Waals surface area (Å²) in [5, 5.41) is 10.9. The summed E-state index contributed by atoms with van der Waals surface area (Å²) in [6.07, 6.45) is 1.67. The van der Waals surface area contributed by atoms with Crippen molar-refractivity contribution in [2.45, 2.75) is 12.8 Å². The fraction of sp³-hybridized carbons (Fsp3) is 0.417. The molecule has 1 aliphatic carbocycles. The molecule has 0 heterocycles. The number of benzene rings is 1. The molecule has 0 aromatic heterocycles. The molecule has 0 saturated heterocycles. The maximum absolute atomic E-state index is 12.0. The van der Waals surface area contributed by atoms with Gasteiger partial charge in [0.1, 0.15) is 5.75 Å². The van der Waals surface area contributed by atoms with Crippen molar-refractivity contribution >= 4 is 11.5 Å². The average Bonchev–Trinajstić information content (AvgIpc) is 3.20. The first kappa shape index (κ1) is 12.3.